The molecule has 2 rings (SSSR count). The van der Waals surface area contributed by atoms with Crippen LogP contribution >= 0.6 is 0 Å². The molecule has 3 unspecified atom stereocenters. The van der Waals surface area contributed by atoms with Gasteiger partial charge in [-0.1, -0.05) is 6.42 Å². The van der Waals surface area contributed by atoms with Crippen molar-refractivity contribution in [2.24, 2.45) is 17.6 Å². The van der Waals surface area contributed by atoms with Gasteiger partial charge >= 0.3 is 0 Å². The third-order valence-electron chi connectivity index (χ3n) is 3.79. The van der Waals surface area contributed by atoms with Crippen LogP contribution < -0.4 is 5.73 Å². The van der Waals surface area contributed by atoms with E-state index in [1.165, 1.54) is 25.7 Å². The van der Waals surface area contributed by atoms with Gasteiger partial charge in [0.25, 0.3) is 0 Å². The Morgan fingerprint density at radius 3 is 2.83 bits per heavy atom. The molecule has 2 nitrogen and oxygen atoms in total. The molecule has 12 heavy (non-hydrogen) atoms. The molecule has 2 saturated carbocycles. The zero-order valence-corrected chi connectivity index (χ0v) is 7.88. The minimum absolute atomic E-state index is 0.138. The fourth-order valence-electron chi connectivity index (χ4n) is 3.08. The lowest BCUT2D eigenvalue weighted by Crippen LogP contribution is -2.45. The summed E-state index contributed by atoms with van der Waals surface area (Å²) in [5.74, 6) is 1.74. The van der Waals surface area contributed by atoms with E-state index in [0.29, 0.717) is 0 Å². The molecule has 0 aliphatic heterocycles. The lowest BCUT2D eigenvalue weighted by atomic mass is 9.80. The number of ether oxygens (including phenoxy) is 1. The van der Waals surface area contributed by atoms with Gasteiger partial charge in [-0.3, -0.25) is 0 Å². The molecule has 0 aromatic carbocycles. The van der Waals surface area contributed by atoms with Gasteiger partial charge < -0.3 is 10.5 Å². The van der Waals surface area contributed by atoms with Crippen LogP contribution in [-0.4, -0.2) is 19.3 Å². The van der Waals surface area contributed by atoms with Crippen LogP contribution in [0.25, 0.3) is 0 Å². The molecular weight excluding hydrogens is 150 g/mol. The molecule has 0 spiro atoms. The molecule has 0 amide bonds. The molecule has 2 aliphatic carbocycles. The highest BCUT2D eigenvalue weighted by molar-refractivity contribution is 5.04. The Kier molecular flexibility index (Phi) is 2.13. The number of nitrogens with two attached hydrogens (primary N) is 1. The van der Waals surface area contributed by atoms with Crippen LogP contribution in [0.15, 0.2) is 0 Å². The van der Waals surface area contributed by atoms with Crippen molar-refractivity contribution in [3.05, 3.63) is 0 Å². The van der Waals surface area contributed by atoms with Gasteiger partial charge in [0.1, 0.15) is 0 Å². The quantitative estimate of drug-likeness (QED) is 0.695. The highest BCUT2D eigenvalue weighted by Gasteiger charge is 2.47. The zero-order valence-electron chi connectivity index (χ0n) is 7.88. The van der Waals surface area contributed by atoms with Gasteiger partial charge in [0.05, 0.1) is 0 Å². The first-order valence-electron chi connectivity index (χ1n) is 5.02. The van der Waals surface area contributed by atoms with Gasteiger partial charge in [-0.05, 0) is 37.5 Å². The van der Waals surface area contributed by atoms with E-state index in [1.54, 1.807) is 7.11 Å². The summed E-state index contributed by atoms with van der Waals surface area (Å²) in [4.78, 5) is 0. The van der Waals surface area contributed by atoms with Crippen LogP contribution in [0.1, 0.15) is 32.1 Å². The second kappa shape index (κ2) is 3.00. The van der Waals surface area contributed by atoms with Crippen molar-refractivity contribution in [1.29, 1.82) is 0 Å². The Labute approximate surface area is 74.5 Å². The fraction of sp³-hybridized carbons (Fsp3) is 1.00. The first-order chi connectivity index (χ1) is 5.74. The summed E-state index contributed by atoms with van der Waals surface area (Å²) in [6.45, 7) is 0.833. The molecule has 70 valence electrons. The molecule has 0 heterocycles. The first kappa shape index (κ1) is 8.52. The third-order valence-corrected chi connectivity index (χ3v) is 3.79. The monoisotopic (exact) mass is 169 g/mol. The van der Waals surface area contributed by atoms with Gasteiger partial charge in [-0.25, -0.2) is 0 Å². The van der Waals surface area contributed by atoms with E-state index in [1.807, 2.05) is 0 Å². The van der Waals surface area contributed by atoms with Gasteiger partial charge in [-0.15, -0.1) is 0 Å². The van der Waals surface area contributed by atoms with Crippen molar-refractivity contribution in [2.75, 3.05) is 13.7 Å². The Bertz CT molecular complexity index is 171. The second-order valence-electron chi connectivity index (χ2n) is 4.56. The van der Waals surface area contributed by atoms with E-state index in [4.69, 9.17) is 10.5 Å². The van der Waals surface area contributed by atoms with Crippen LogP contribution in [0.5, 0.6) is 0 Å². The average molecular weight is 169 g/mol. The Balaban J connectivity index is 1.93. The van der Waals surface area contributed by atoms with Crippen LogP contribution in [0.3, 0.4) is 0 Å². The average Bonchev–Trinajstić information content (AvgIpc) is 2.60. The predicted octanol–water partition coefficient (Wildman–Crippen LogP) is 1.54. The van der Waals surface area contributed by atoms with Crippen LogP contribution in [0.2, 0.25) is 0 Å². The summed E-state index contributed by atoms with van der Waals surface area (Å²) in [5.41, 5.74) is 6.49. The minimum Gasteiger partial charge on any atom is -0.385 e. The number of hydrogen-bond acceptors (Lipinski definition) is 2. The molecule has 3 atom stereocenters. The van der Waals surface area contributed by atoms with E-state index in [2.05, 4.69) is 0 Å². The topological polar surface area (TPSA) is 35.2 Å². The van der Waals surface area contributed by atoms with Crippen molar-refractivity contribution in [3.63, 3.8) is 0 Å². The third kappa shape index (κ3) is 1.27. The lowest BCUT2D eigenvalue weighted by Gasteiger charge is -2.33. The van der Waals surface area contributed by atoms with Crippen LogP contribution in [-0.2, 0) is 4.74 Å². The first-order valence-corrected chi connectivity index (χ1v) is 5.02. The SMILES string of the molecule is COCCC1(N)CC2CCC1C2. The molecule has 2 aliphatic rings. The van der Waals surface area contributed by atoms with Gasteiger partial charge in [0.2, 0.25) is 0 Å². The Hall–Kier alpha value is -0.0800. The second-order valence-corrected chi connectivity index (χ2v) is 4.56. The number of methoxy groups -OCH3 is 1. The summed E-state index contributed by atoms with van der Waals surface area (Å²) >= 11 is 0. The summed E-state index contributed by atoms with van der Waals surface area (Å²) in [7, 11) is 1.76. The van der Waals surface area contributed by atoms with Crippen molar-refractivity contribution >= 4 is 0 Å². The normalized spacial score (nSPS) is 45.5. The maximum absolute atomic E-state index is 6.35. The van der Waals surface area contributed by atoms with Crippen LogP contribution in [0.4, 0.5) is 0 Å². The smallest absolute Gasteiger partial charge is 0.0479 e. The summed E-state index contributed by atoms with van der Waals surface area (Å²) < 4.78 is 5.10. The number of fused-ring (bicyclic) bond motifs is 2. The fourth-order valence-corrected chi connectivity index (χ4v) is 3.08. The Morgan fingerprint density at radius 2 is 2.33 bits per heavy atom. The highest BCUT2D eigenvalue weighted by atomic mass is 16.5. The Morgan fingerprint density at radius 1 is 1.50 bits per heavy atom. The minimum atomic E-state index is 0.138. The maximum atomic E-state index is 6.35. The lowest BCUT2D eigenvalue weighted by molar-refractivity contribution is 0.143. The van der Waals surface area contributed by atoms with Crippen molar-refractivity contribution in [1.82, 2.24) is 0 Å². The maximum Gasteiger partial charge on any atom is 0.0479 e. The van der Waals surface area contributed by atoms with Crippen molar-refractivity contribution in [3.8, 4) is 0 Å². The standard InChI is InChI=1S/C10H19NO/c1-12-5-4-10(11)7-8-2-3-9(10)6-8/h8-9H,2-7,11H2,1H3. The van der Waals surface area contributed by atoms with Gasteiger partial charge in [-0.2, -0.15) is 0 Å². The molecule has 0 aromatic heterocycles. The molecule has 0 aromatic rings. The van der Waals surface area contributed by atoms with E-state index in [-0.39, 0.29) is 5.54 Å². The highest BCUT2D eigenvalue weighted by Crippen LogP contribution is 2.50. The summed E-state index contributed by atoms with van der Waals surface area (Å²) in [6.07, 6.45) is 6.49. The van der Waals surface area contributed by atoms with Crippen molar-refractivity contribution < 1.29 is 4.74 Å². The zero-order chi connectivity index (χ0) is 8.60. The van der Waals surface area contributed by atoms with E-state index < -0.39 is 0 Å². The molecule has 2 bridgehead atoms. The van der Waals surface area contributed by atoms with Crippen molar-refractivity contribution in [2.45, 2.75) is 37.6 Å². The molecule has 0 radical (unpaired) electrons. The summed E-state index contributed by atoms with van der Waals surface area (Å²) in [5, 5.41) is 0. The molecule has 2 heteroatoms. The van der Waals surface area contributed by atoms with E-state index in [9.17, 15) is 0 Å². The largest absolute Gasteiger partial charge is 0.385 e. The van der Waals surface area contributed by atoms with Crippen LogP contribution in [0, 0.1) is 11.8 Å². The predicted molar refractivity (Wildman–Crippen MR) is 48.9 cm³/mol. The molecule has 2 fully saturated rings. The molecule has 2 N–H and O–H groups in total. The number of rotatable bonds is 3. The molecule has 0 saturated heterocycles. The van der Waals surface area contributed by atoms with E-state index in [0.717, 1.165) is 24.9 Å². The number of hydrogen-bond donors (Lipinski definition) is 1. The molecular formula is C10H19NO. The van der Waals surface area contributed by atoms with Gasteiger partial charge in [0, 0.05) is 19.3 Å². The summed E-state index contributed by atoms with van der Waals surface area (Å²) in [6, 6.07) is 0. The van der Waals surface area contributed by atoms with E-state index >= 15 is 0 Å². The van der Waals surface area contributed by atoms with Gasteiger partial charge in [0.15, 0.2) is 0 Å².